The van der Waals surface area contributed by atoms with E-state index in [1.807, 2.05) is 19.9 Å². The molecule has 18 heavy (non-hydrogen) atoms. The van der Waals surface area contributed by atoms with Crippen molar-refractivity contribution in [1.29, 1.82) is 0 Å². The van der Waals surface area contributed by atoms with E-state index in [4.69, 9.17) is 9.47 Å². The molecule has 104 valence electrons. The summed E-state index contributed by atoms with van der Waals surface area (Å²) < 4.78 is 10.8. The van der Waals surface area contributed by atoms with Gasteiger partial charge in [0.05, 0.1) is 24.4 Å². The highest BCUT2D eigenvalue weighted by atomic mass is 16.5. The zero-order valence-corrected chi connectivity index (χ0v) is 12.4. The highest BCUT2D eigenvalue weighted by Crippen LogP contribution is 2.17. The van der Waals surface area contributed by atoms with Crippen molar-refractivity contribution in [3.8, 4) is 0 Å². The maximum absolute atomic E-state index is 5.43. The van der Waals surface area contributed by atoms with Crippen LogP contribution in [0.15, 0.2) is 37.5 Å². The highest BCUT2D eigenvalue weighted by Gasteiger charge is 2.17. The van der Waals surface area contributed by atoms with Crippen molar-refractivity contribution < 1.29 is 9.47 Å². The topological polar surface area (TPSA) is 18.5 Å². The Balaban J connectivity index is 0.000000327. The SMILES string of the molecule is C=CCOC(C)(C)CC=C.CC1(C)CC=CCO1. The molecule has 1 heterocycles. The lowest BCUT2D eigenvalue weighted by Gasteiger charge is -2.25. The summed E-state index contributed by atoms with van der Waals surface area (Å²) in [5.74, 6) is 0. The van der Waals surface area contributed by atoms with Gasteiger partial charge in [0.15, 0.2) is 0 Å². The van der Waals surface area contributed by atoms with Gasteiger partial charge >= 0.3 is 0 Å². The first kappa shape index (κ1) is 17.1. The van der Waals surface area contributed by atoms with Gasteiger partial charge in [0.2, 0.25) is 0 Å². The Bertz CT molecular complexity index is 275. The van der Waals surface area contributed by atoms with Crippen LogP contribution in [0.2, 0.25) is 0 Å². The predicted molar refractivity (Wildman–Crippen MR) is 78.8 cm³/mol. The van der Waals surface area contributed by atoms with E-state index in [1.54, 1.807) is 6.08 Å². The van der Waals surface area contributed by atoms with Crippen LogP contribution in [0, 0.1) is 0 Å². The normalized spacial score (nSPS) is 17.6. The molecule has 0 fully saturated rings. The van der Waals surface area contributed by atoms with E-state index in [9.17, 15) is 0 Å². The molecule has 0 saturated carbocycles. The second kappa shape index (κ2) is 8.28. The second-order valence-electron chi connectivity index (χ2n) is 5.60. The molecule has 0 unspecified atom stereocenters. The zero-order chi connectivity index (χ0) is 14.1. The molecule has 0 aromatic carbocycles. The Kier molecular flexibility index (Phi) is 7.88. The van der Waals surface area contributed by atoms with Gasteiger partial charge in [-0.25, -0.2) is 0 Å². The lowest BCUT2D eigenvalue weighted by atomic mass is 10.0. The van der Waals surface area contributed by atoms with Crippen LogP contribution < -0.4 is 0 Å². The molecule has 0 atom stereocenters. The molecular formula is C16H28O2. The van der Waals surface area contributed by atoms with Gasteiger partial charge in [0.25, 0.3) is 0 Å². The van der Waals surface area contributed by atoms with Crippen molar-refractivity contribution in [1.82, 2.24) is 0 Å². The lowest BCUT2D eigenvalue weighted by molar-refractivity contribution is -0.00600. The first-order valence-corrected chi connectivity index (χ1v) is 6.48. The fourth-order valence-electron chi connectivity index (χ4n) is 1.46. The van der Waals surface area contributed by atoms with Gasteiger partial charge < -0.3 is 9.47 Å². The second-order valence-corrected chi connectivity index (χ2v) is 5.60. The number of hydrogen-bond donors (Lipinski definition) is 0. The van der Waals surface area contributed by atoms with Crippen LogP contribution in [-0.4, -0.2) is 24.4 Å². The summed E-state index contributed by atoms with van der Waals surface area (Å²) in [4.78, 5) is 0. The number of ether oxygens (including phenoxy) is 2. The first-order valence-electron chi connectivity index (χ1n) is 6.48. The summed E-state index contributed by atoms with van der Waals surface area (Å²) in [6.07, 6.45) is 9.77. The fraction of sp³-hybridized carbons (Fsp3) is 0.625. The maximum Gasteiger partial charge on any atom is 0.0665 e. The summed E-state index contributed by atoms with van der Waals surface area (Å²) in [5, 5.41) is 0. The molecule has 1 aliphatic heterocycles. The van der Waals surface area contributed by atoms with E-state index in [0.29, 0.717) is 6.61 Å². The standard InChI is InChI=1S/C9H16O.C7H12O/c1-5-7-9(3,4)10-8-6-2;1-7(2)5-3-4-6-8-7/h5-6H,1-2,7-8H2,3-4H3;3-4H,5-6H2,1-2H3. The van der Waals surface area contributed by atoms with Crippen molar-refractivity contribution in [3.63, 3.8) is 0 Å². The molecule has 0 bridgehead atoms. The summed E-state index contributed by atoms with van der Waals surface area (Å²) in [5.41, 5.74) is 0.00465. The Hall–Kier alpha value is -0.860. The van der Waals surface area contributed by atoms with Crippen molar-refractivity contribution in [2.75, 3.05) is 13.2 Å². The minimum Gasteiger partial charge on any atom is -0.371 e. The molecule has 1 rings (SSSR count). The third-order valence-corrected chi connectivity index (χ3v) is 2.57. The third-order valence-electron chi connectivity index (χ3n) is 2.57. The molecule has 2 nitrogen and oxygen atoms in total. The molecule has 1 aliphatic rings. The van der Waals surface area contributed by atoms with Gasteiger partial charge in [0.1, 0.15) is 0 Å². The average molecular weight is 252 g/mol. The molecule has 0 aromatic heterocycles. The van der Waals surface area contributed by atoms with Crippen LogP contribution in [0.5, 0.6) is 0 Å². The van der Waals surface area contributed by atoms with Gasteiger partial charge in [0, 0.05) is 0 Å². The molecule has 0 aliphatic carbocycles. The summed E-state index contributed by atoms with van der Waals surface area (Å²) >= 11 is 0. The molecule has 0 radical (unpaired) electrons. The number of rotatable bonds is 5. The third kappa shape index (κ3) is 9.20. The van der Waals surface area contributed by atoms with Crippen LogP contribution in [0.3, 0.4) is 0 Å². The minimum atomic E-state index is -0.0874. The molecule has 0 spiro atoms. The quantitative estimate of drug-likeness (QED) is 0.680. The lowest BCUT2D eigenvalue weighted by Crippen LogP contribution is -2.25. The minimum absolute atomic E-state index is 0.0874. The Morgan fingerprint density at radius 2 is 1.94 bits per heavy atom. The highest BCUT2D eigenvalue weighted by molar-refractivity contribution is 4.93. The number of hydrogen-bond acceptors (Lipinski definition) is 2. The summed E-state index contributed by atoms with van der Waals surface area (Å²) in [7, 11) is 0. The van der Waals surface area contributed by atoms with E-state index >= 15 is 0 Å². The molecule has 0 amide bonds. The maximum atomic E-state index is 5.43. The Morgan fingerprint density at radius 3 is 2.28 bits per heavy atom. The molecular weight excluding hydrogens is 224 g/mol. The monoisotopic (exact) mass is 252 g/mol. The van der Waals surface area contributed by atoms with E-state index in [0.717, 1.165) is 19.4 Å². The van der Waals surface area contributed by atoms with Gasteiger partial charge in [-0.15, -0.1) is 13.2 Å². The van der Waals surface area contributed by atoms with Gasteiger partial charge in [-0.3, -0.25) is 0 Å². The fourth-order valence-corrected chi connectivity index (χ4v) is 1.46. The molecule has 2 heteroatoms. The van der Waals surface area contributed by atoms with E-state index < -0.39 is 0 Å². The van der Waals surface area contributed by atoms with E-state index in [1.165, 1.54) is 0 Å². The average Bonchev–Trinajstić information content (AvgIpc) is 2.27. The summed E-state index contributed by atoms with van der Waals surface area (Å²) in [6, 6.07) is 0. The first-order chi connectivity index (χ1) is 8.33. The van der Waals surface area contributed by atoms with Crippen molar-refractivity contribution in [3.05, 3.63) is 37.5 Å². The van der Waals surface area contributed by atoms with E-state index in [2.05, 4.69) is 39.2 Å². The van der Waals surface area contributed by atoms with Gasteiger partial charge in [-0.1, -0.05) is 24.3 Å². The van der Waals surface area contributed by atoms with Gasteiger partial charge in [-0.05, 0) is 40.5 Å². The predicted octanol–water partition coefficient (Wildman–Crippen LogP) is 4.29. The molecule has 0 aromatic rings. The summed E-state index contributed by atoms with van der Waals surface area (Å²) in [6.45, 7) is 16.9. The van der Waals surface area contributed by atoms with Crippen molar-refractivity contribution in [2.24, 2.45) is 0 Å². The molecule has 0 N–H and O–H groups in total. The van der Waals surface area contributed by atoms with Crippen molar-refractivity contribution >= 4 is 0 Å². The largest absolute Gasteiger partial charge is 0.371 e. The van der Waals surface area contributed by atoms with Crippen LogP contribution in [0.1, 0.15) is 40.5 Å². The van der Waals surface area contributed by atoms with E-state index in [-0.39, 0.29) is 11.2 Å². The van der Waals surface area contributed by atoms with Crippen LogP contribution in [0.25, 0.3) is 0 Å². The Morgan fingerprint density at radius 1 is 1.28 bits per heavy atom. The van der Waals surface area contributed by atoms with Crippen molar-refractivity contribution in [2.45, 2.75) is 51.7 Å². The van der Waals surface area contributed by atoms with Crippen LogP contribution in [0.4, 0.5) is 0 Å². The van der Waals surface area contributed by atoms with Gasteiger partial charge in [-0.2, -0.15) is 0 Å². The molecule has 0 saturated heterocycles. The smallest absolute Gasteiger partial charge is 0.0665 e. The van der Waals surface area contributed by atoms with Crippen LogP contribution >= 0.6 is 0 Å². The van der Waals surface area contributed by atoms with Crippen LogP contribution in [-0.2, 0) is 9.47 Å². The zero-order valence-electron chi connectivity index (χ0n) is 12.4. The Labute approximate surface area is 112 Å².